The van der Waals surface area contributed by atoms with Gasteiger partial charge in [0.25, 0.3) is 5.91 Å². The first-order valence-corrected chi connectivity index (χ1v) is 8.11. The maximum absolute atomic E-state index is 12.3. The van der Waals surface area contributed by atoms with Crippen molar-refractivity contribution in [2.45, 2.75) is 25.8 Å². The van der Waals surface area contributed by atoms with Crippen LogP contribution in [0.5, 0.6) is 0 Å². The highest BCUT2D eigenvalue weighted by Crippen LogP contribution is 2.28. The van der Waals surface area contributed by atoms with Crippen LogP contribution in [0.4, 0.5) is 0 Å². The van der Waals surface area contributed by atoms with Crippen LogP contribution in [0.15, 0.2) is 36.4 Å². The number of nitrogens with one attached hydrogen (secondary N) is 1. The van der Waals surface area contributed by atoms with Crippen molar-refractivity contribution in [3.05, 3.63) is 43.1 Å². The van der Waals surface area contributed by atoms with Gasteiger partial charge in [-0.15, -0.1) is 6.42 Å². The average molecular weight is 427 g/mol. The Morgan fingerprint density at radius 2 is 2.09 bits per heavy atom. The Hall–Kier alpha value is -1.58. The number of terminal acetylenes is 1. The molecule has 1 atom stereocenters. The minimum Gasteiger partial charge on any atom is -0.421 e. The van der Waals surface area contributed by atoms with Crippen LogP contribution < -0.4 is 10.9 Å². The van der Waals surface area contributed by atoms with E-state index in [-0.39, 0.29) is 5.56 Å². The number of hydrogen-bond donors (Lipinski definition) is 1. The molecule has 0 saturated heterocycles. The number of rotatable bonds is 3. The quantitative estimate of drug-likeness (QED) is 0.599. The highest BCUT2D eigenvalue weighted by atomic mass is 79.9. The van der Waals surface area contributed by atoms with Crippen LogP contribution in [0.2, 0.25) is 0 Å². The highest BCUT2D eigenvalue weighted by molar-refractivity contribution is 9.11. The Kier molecular flexibility index (Phi) is 4.78. The lowest BCUT2D eigenvalue weighted by Gasteiger charge is -2.23. The zero-order valence-electron chi connectivity index (χ0n) is 12.0. The Bertz CT molecular complexity index is 851. The van der Waals surface area contributed by atoms with Crippen LogP contribution in [-0.4, -0.2) is 11.4 Å². The minimum absolute atomic E-state index is 0.0765. The first kappa shape index (κ1) is 16.8. The van der Waals surface area contributed by atoms with Crippen LogP contribution >= 0.6 is 31.9 Å². The van der Waals surface area contributed by atoms with Crippen molar-refractivity contribution in [2.24, 2.45) is 0 Å². The van der Waals surface area contributed by atoms with Gasteiger partial charge in [0.05, 0.1) is 10.0 Å². The van der Waals surface area contributed by atoms with Crippen molar-refractivity contribution in [3.63, 3.8) is 0 Å². The second-order valence-corrected chi connectivity index (χ2v) is 6.81. The third-order valence-electron chi connectivity index (χ3n) is 3.41. The molecule has 1 aromatic carbocycles. The molecule has 0 fully saturated rings. The van der Waals surface area contributed by atoms with E-state index in [0.717, 1.165) is 4.47 Å². The zero-order valence-corrected chi connectivity index (χ0v) is 15.2. The van der Waals surface area contributed by atoms with Crippen LogP contribution in [0.25, 0.3) is 11.0 Å². The second-order valence-electron chi connectivity index (χ2n) is 5.04. The largest absolute Gasteiger partial charge is 0.421 e. The third-order valence-corrected chi connectivity index (χ3v) is 4.46. The maximum Gasteiger partial charge on any atom is 0.349 e. The van der Waals surface area contributed by atoms with Gasteiger partial charge in [-0.1, -0.05) is 28.8 Å². The number of fused-ring (bicyclic) bond motifs is 1. The van der Waals surface area contributed by atoms with Crippen molar-refractivity contribution in [2.75, 3.05) is 0 Å². The SMILES string of the molecule is C#CC(C)(CC)NC(=O)c1cc2cc(Br)cc(Br)c2oc1=O. The first-order valence-electron chi connectivity index (χ1n) is 6.53. The van der Waals surface area contributed by atoms with Gasteiger partial charge in [-0.05, 0) is 47.5 Å². The molecule has 2 aromatic rings. The molecule has 0 radical (unpaired) electrons. The number of hydrogen-bond acceptors (Lipinski definition) is 3. The summed E-state index contributed by atoms with van der Waals surface area (Å²) in [4.78, 5) is 24.4. The lowest BCUT2D eigenvalue weighted by Crippen LogP contribution is -2.45. The van der Waals surface area contributed by atoms with E-state index in [4.69, 9.17) is 10.8 Å². The van der Waals surface area contributed by atoms with Gasteiger partial charge in [-0.3, -0.25) is 4.79 Å². The normalized spacial score (nSPS) is 13.4. The predicted molar refractivity (Wildman–Crippen MR) is 92.9 cm³/mol. The van der Waals surface area contributed by atoms with E-state index >= 15 is 0 Å². The van der Waals surface area contributed by atoms with Crippen LogP contribution in [0.1, 0.15) is 30.6 Å². The minimum atomic E-state index is -0.809. The molecule has 0 aliphatic carbocycles. The van der Waals surface area contributed by atoms with Crippen molar-refractivity contribution in [1.29, 1.82) is 0 Å². The summed E-state index contributed by atoms with van der Waals surface area (Å²) >= 11 is 6.68. The molecule has 0 aliphatic rings. The van der Waals surface area contributed by atoms with Crippen molar-refractivity contribution >= 4 is 48.7 Å². The van der Waals surface area contributed by atoms with Crippen molar-refractivity contribution in [3.8, 4) is 12.3 Å². The van der Waals surface area contributed by atoms with E-state index in [2.05, 4.69) is 43.1 Å². The van der Waals surface area contributed by atoms with Crippen LogP contribution in [-0.2, 0) is 0 Å². The fourth-order valence-corrected chi connectivity index (χ4v) is 3.20. The summed E-state index contributed by atoms with van der Waals surface area (Å²) in [6, 6.07) is 5.02. The zero-order chi connectivity index (χ0) is 16.5. The molecule has 4 nitrogen and oxygen atoms in total. The van der Waals surface area contributed by atoms with E-state index in [1.807, 2.05) is 6.92 Å². The average Bonchev–Trinajstić information content (AvgIpc) is 2.47. The Morgan fingerprint density at radius 1 is 1.41 bits per heavy atom. The summed E-state index contributed by atoms with van der Waals surface area (Å²) in [5, 5.41) is 3.31. The molecule has 0 aliphatic heterocycles. The van der Waals surface area contributed by atoms with E-state index < -0.39 is 17.1 Å². The predicted octanol–water partition coefficient (Wildman–Crippen LogP) is 3.85. The monoisotopic (exact) mass is 425 g/mol. The van der Waals surface area contributed by atoms with E-state index in [1.54, 1.807) is 19.1 Å². The molecule has 0 saturated carbocycles. The topological polar surface area (TPSA) is 59.3 Å². The van der Waals surface area contributed by atoms with Gasteiger partial charge < -0.3 is 9.73 Å². The fourth-order valence-electron chi connectivity index (χ4n) is 1.86. The summed E-state index contributed by atoms with van der Waals surface area (Å²) in [6.07, 6.45) is 5.98. The smallest absolute Gasteiger partial charge is 0.349 e. The second kappa shape index (κ2) is 6.27. The Balaban J connectivity index is 2.53. The number of carbonyl (C=O) groups excluding carboxylic acids is 1. The van der Waals surface area contributed by atoms with E-state index in [0.29, 0.717) is 21.9 Å². The molecule has 0 bridgehead atoms. The summed E-state index contributed by atoms with van der Waals surface area (Å²) in [5.41, 5.74) is -1.20. The van der Waals surface area contributed by atoms with E-state index in [9.17, 15) is 9.59 Å². The molecule has 0 spiro atoms. The molecule has 1 aromatic heterocycles. The highest BCUT2D eigenvalue weighted by Gasteiger charge is 2.24. The number of carbonyl (C=O) groups is 1. The summed E-state index contributed by atoms with van der Waals surface area (Å²) in [6.45, 7) is 3.58. The lowest BCUT2D eigenvalue weighted by molar-refractivity contribution is 0.0920. The summed E-state index contributed by atoms with van der Waals surface area (Å²) in [7, 11) is 0. The standard InChI is InChI=1S/C16H13Br2NO3/c1-4-16(3,5-2)19-14(20)11-7-9-6-10(17)8-12(18)13(9)22-15(11)21/h1,6-8H,5H2,2-3H3,(H,19,20). The van der Waals surface area contributed by atoms with Crippen LogP contribution in [0, 0.1) is 12.3 Å². The first-order chi connectivity index (χ1) is 10.3. The number of amides is 1. The number of benzene rings is 1. The molecule has 1 amide bonds. The van der Waals surface area contributed by atoms with Gasteiger partial charge in [-0.25, -0.2) is 4.79 Å². The molecule has 6 heteroatoms. The molecule has 1 N–H and O–H groups in total. The molecule has 114 valence electrons. The van der Waals surface area contributed by atoms with Gasteiger partial charge in [0.2, 0.25) is 0 Å². The molecular weight excluding hydrogens is 414 g/mol. The molecule has 22 heavy (non-hydrogen) atoms. The van der Waals surface area contributed by atoms with Crippen LogP contribution in [0.3, 0.4) is 0 Å². The maximum atomic E-state index is 12.3. The van der Waals surface area contributed by atoms with Crippen molar-refractivity contribution < 1.29 is 9.21 Å². The van der Waals surface area contributed by atoms with Crippen molar-refractivity contribution in [1.82, 2.24) is 5.32 Å². The Labute approximate surface area is 144 Å². The fraction of sp³-hybridized carbons (Fsp3) is 0.250. The number of halogens is 2. The van der Waals surface area contributed by atoms with E-state index in [1.165, 1.54) is 6.07 Å². The van der Waals surface area contributed by atoms with Gasteiger partial charge in [-0.2, -0.15) is 0 Å². The summed E-state index contributed by atoms with van der Waals surface area (Å²) in [5.74, 6) is 1.98. The third kappa shape index (κ3) is 3.26. The molecular formula is C16H13Br2NO3. The molecule has 2 rings (SSSR count). The Morgan fingerprint density at radius 3 is 2.68 bits per heavy atom. The van der Waals surface area contributed by atoms with Gasteiger partial charge >= 0.3 is 5.63 Å². The molecule has 1 unspecified atom stereocenters. The lowest BCUT2D eigenvalue weighted by atomic mass is 9.99. The van der Waals surface area contributed by atoms with Gasteiger partial charge in [0, 0.05) is 9.86 Å². The molecule has 1 heterocycles. The van der Waals surface area contributed by atoms with Gasteiger partial charge in [0.1, 0.15) is 5.56 Å². The van der Waals surface area contributed by atoms with Gasteiger partial charge in [0.15, 0.2) is 5.58 Å². The summed E-state index contributed by atoms with van der Waals surface area (Å²) < 4.78 is 6.67.